The summed E-state index contributed by atoms with van der Waals surface area (Å²) in [6.07, 6.45) is 3.26. The van der Waals surface area contributed by atoms with Gasteiger partial charge in [-0.05, 0) is 12.1 Å². The van der Waals surface area contributed by atoms with Gasteiger partial charge in [-0.15, -0.1) is 5.10 Å². The number of nitrogens with zero attached hydrogens (tertiary/aromatic N) is 5. The van der Waals surface area contributed by atoms with E-state index in [4.69, 9.17) is 4.42 Å². The van der Waals surface area contributed by atoms with E-state index in [1.165, 1.54) is 0 Å². The zero-order valence-corrected chi connectivity index (χ0v) is 11.2. The summed E-state index contributed by atoms with van der Waals surface area (Å²) in [4.78, 5) is 20.0. The Morgan fingerprint density at radius 2 is 1.85 bits per heavy atom. The van der Waals surface area contributed by atoms with E-state index in [0.29, 0.717) is 43.6 Å². The zero-order chi connectivity index (χ0) is 13.9. The van der Waals surface area contributed by atoms with Crippen LogP contribution >= 0.6 is 0 Å². The average Bonchev–Trinajstić information content (AvgIpc) is 2.94. The van der Waals surface area contributed by atoms with E-state index in [1.807, 2.05) is 9.80 Å². The first-order chi connectivity index (χ1) is 9.74. The Bertz CT molecular complexity index is 590. The van der Waals surface area contributed by atoms with Crippen LogP contribution in [0.3, 0.4) is 0 Å². The van der Waals surface area contributed by atoms with Crippen LogP contribution in [0, 0.1) is 6.92 Å². The normalized spacial score (nSPS) is 15.4. The van der Waals surface area contributed by atoms with Crippen LogP contribution in [0.5, 0.6) is 0 Å². The standard InChI is InChI=1S/C13H15N5O2/c1-10-15-16-13(20-10)18-8-6-17(7-9-18)12(19)11-2-4-14-5-3-11/h2-5H,6-9H2,1H3. The van der Waals surface area contributed by atoms with E-state index in [9.17, 15) is 4.79 Å². The molecular formula is C13H15N5O2. The maximum Gasteiger partial charge on any atom is 0.318 e. The highest BCUT2D eigenvalue weighted by Gasteiger charge is 2.24. The molecule has 0 aromatic carbocycles. The van der Waals surface area contributed by atoms with Crippen molar-refractivity contribution in [2.75, 3.05) is 31.1 Å². The largest absolute Gasteiger partial charge is 0.408 e. The molecule has 7 nitrogen and oxygen atoms in total. The van der Waals surface area contributed by atoms with Gasteiger partial charge in [0.15, 0.2) is 0 Å². The smallest absolute Gasteiger partial charge is 0.318 e. The number of pyridine rings is 1. The van der Waals surface area contributed by atoms with E-state index in [-0.39, 0.29) is 5.91 Å². The van der Waals surface area contributed by atoms with Crippen LogP contribution in [0.4, 0.5) is 6.01 Å². The molecule has 0 aliphatic carbocycles. The molecule has 104 valence electrons. The van der Waals surface area contributed by atoms with Gasteiger partial charge in [-0.1, -0.05) is 5.10 Å². The van der Waals surface area contributed by atoms with Crippen LogP contribution in [0.2, 0.25) is 0 Å². The fraction of sp³-hybridized carbons (Fsp3) is 0.385. The summed E-state index contributed by atoms with van der Waals surface area (Å²) in [5.74, 6) is 0.587. The lowest BCUT2D eigenvalue weighted by molar-refractivity contribution is 0.0745. The van der Waals surface area contributed by atoms with Crippen LogP contribution in [-0.4, -0.2) is 52.2 Å². The number of anilines is 1. The lowest BCUT2D eigenvalue weighted by Gasteiger charge is -2.33. The molecule has 1 aliphatic heterocycles. The quantitative estimate of drug-likeness (QED) is 0.803. The third-order valence-corrected chi connectivity index (χ3v) is 3.28. The minimum atomic E-state index is 0.0359. The monoisotopic (exact) mass is 273 g/mol. The number of aromatic nitrogens is 3. The van der Waals surface area contributed by atoms with Gasteiger partial charge < -0.3 is 14.2 Å². The summed E-state index contributed by atoms with van der Waals surface area (Å²) >= 11 is 0. The second-order valence-corrected chi connectivity index (χ2v) is 4.62. The van der Waals surface area contributed by atoms with Crippen LogP contribution in [0.15, 0.2) is 28.9 Å². The molecule has 1 fully saturated rings. The molecule has 0 N–H and O–H groups in total. The minimum absolute atomic E-state index is 0.0359. The fourth-order valence-corrected chi connectivity index (χ4v) is 2.19. The van der Waals surface area contributed by atoms with Gasteiger partial charge in [-0.25, -0.2) is 0 Å². The summed E-state index contributed by atoms with van der Waals surface area (Å²) in [6.45, 7) is 4.43. The zero-order valence-electron chi connectivity index (χ0n) is 11.2. The lowest BCUT2D eigenvalue weighted by atomic mass is 10.2. The molecule has 0 unspecified atom stereocenters. The first kappa shape index (κ1) is 12.6. The van der Waals surface area contributed by atoms with Gasteiger partial charge in [0.25, 0.3) is 5.91 Å². The van der Waals surface area contributed by atoms with Crippen molar-refractivity contribution >= 4 is 11.9 Å². The maximum absolute atomic E-state index is 12.3. The summed E-state index contributed by atoms with van der Waals surface area (Å²) in [6, 6.07) is 3.99. The van der Waals surface area contributed by atoms with E-state index in [2.05, 4.69) is 15.2 Å². The summed E-state index contributed by atoms with van der Waals surface area (Å²) in [5.41, 5.74) is 0.669. The van der Waals surface area contributed by atoms with E-state index >= 15 is 0 Å². The van der Waals surface area contributed by atoms with Gasteiger partial charge in [0.2, 0.25) is 5.89 Å². The topological polar surface area (TPSA) is 75.4 Å². The number of carbonyl (C=O) groups is 1. The molecule has 0 spiro atoms. The van der Waals surface area contributed by atoms with Gasteiger partial charge in [-0.3, -0.25) is 9.78 Å². The molecule has 0 atom stereocenters. The summed E-state index contributed by atoms with van der Waals surface area (Å²) in [5, 5.41) is 7.81. The Hall–Kier alpha value is -2.44. The number of aryl methyl sites for hydroxylation is 1. The molecule has 1 saturated heterocycles. The Kier molecular flexibility index (Phi) is 3.32. The van der Waals surface area contributed by atoms with E-state index in [0.717, 1.165) is 0 Å². The second kappa shape index (κ2) is 5.28. The molecule has 3 heterocycles. The molecule has 0 bridgehead atoms. The molecule has 0 saturated carbocycles. The number of carbonyl (C=O) groups excluding carboxylic acids is 1. The van der Waals surface area contributed by atoms with Crippen molar-refractivity contribution in [3.63, 3.8) is 0 Å². The van der Waals surface area contributed by atoms with Crippen molar-refractivity contribution in [3.05, 3.63) is 36.0 Å². The van der Waals surface area contributed by atoms with Gasteiger partial charge in [-0.2, -0.15) is 0 Å². The van der Waals surface area contributed by atoms with Crippen LogP contribution in [-0.2, 0) is 0 Å². The van der Waals surface area contributed by atoms with Gasteiger partial charge in [0.1, 0.15) is 0 Å². The molecule has 20 heavy (non-hydrogen) atoms. The second-order valence-electron chi connectivity index (χ2n) is 4.62. The van der Waals surface area contributed by atoms with Gasteiger partial charge >= 0.3 is 6.01 Å². The highest BCUT2D eigenvalue weighted by molar-refractivity contribution is 5.94. The SMILES string of the molecule is Cc1nnc(N2CCN(C(=O)c3ccncc3)CC2)o1. The Morgan fingerprint density at radius 1 is 1.15 bits per heavy atom. The van der Waals surface area contributed by atoms with Crippen molar-refractivity contribution in [2.45, 2.75) is 6.92 Å². The van der Waals surface area contributed by atoms with Crippen LogP contribution in [0.1, 0.15) is 16.2 Å². The number of amides is 1. The molecule has 2 aromatic heterocycles. The van der Waals surface area contributed by atoms with Crippen molar-refractivity contribution in [1.29, 1.82) is 0 Å². The molecule has 1 aliphatic rings. The lowest BCUT2D eigenvalue weighted by Crippen LogP contribution is -2.48. The Labute approximate surface area is 116 Å². The third-order valence-electron chi connectivity index (χ3n) is 3.28. The predicted octanol–water partition coefficient (Wildman–Crippen LogP) is 0.735. The van der Waals surface area contributed by atoms with E-state index < -0.39 is 0 Å². The average molecular weight is 273 g/mol. The summed E-state index contributed by atoms with van der Waals surface area (Å²) < 4.78 is 5.40. The number of hydrogen-bond acceptors (Lipinski definition) is 6. The number of hydrogen-bond donors (Lipinski definition) is 0. The van der Waals surface area contributed by atoms with Crippen LogP contribution in [0.25, 0.3) is 0 Å². The molecule has 1 amide bonds. The van der Waals surface area contributed by atoms with Crippen molar-refractivity contribution < 1.29 is 9.21 Å². The molecule has 7 heteroatoms. The molecule has 2 aromatic rings. The predicted molar refractivity (Wildman–Crippen MR) is 71.4 cm³/mol. The number of rotatable bonds is 2. The maximum atomic E-state index is 12.3. The fourth-order valence-electron chi connectivity index (χ4n) is 2.19. The number of piperazine rings is 1. The Balaban J connectivity index is 1.63. The molecule has 0 radical (unpaired) electrons. The van der Waals surface area contributed by atoms with E-state index in [1.54, 1.807) is 31.5 Å². The van der Waals surface area contributed by atoms with Crippen molar-refractivity contribution in [3.8, 4) is 0 Å². The van der Waals surface area contributed by atoms with Gasteiger partial charge in [0.05, 0.1) is 0 Å². The molecule has 3 rings (SSSR count). The van der Waals surface area contributed by atoms with Crippen molar-refractivity contribution in [2.24, 2.45) is 0 Å². The Morgan fingerprint density at radius 3 is 2.45 bits per heavy atom. The first-order valence-electron chi connectivity index (χ1n) is 6.48. The molecular weight excluding hydrogens is 258 g/mol. The summed E-state index contributed by atoms with van der Waals surface area (Å²) in [7, 11) is 0. The highest BCUT2D eigenvalue weighted by Crippen LogP contribution is 2.15. The first-order valence-corrected chi connectivity index (χ1v) is 6.48. The van der Waals surface area contributed by atoms with Gasteiger partial charge in [0, 0.05) is 51.1 Å². The highest BCUT2D eigenvalue weighted by atomic mass is 16.4. The van der Waals surface area contributed by atoms with Crippen LogP contribution < -0.4 is 4.90 Å². The minimum Gasteiger partial charge on any atom is -0.408 e. The van der Waals surface area contributed by atoms with Crippen molar-refractivity contribution in [1.82, 2.24) is 20.1 Å². The third kappa shape index (κ3) is 2.47.